The van der Waals surface area contributed by atoms with Crippen molar-refractivity contribution in [2.45, 2.75) is 32.0 Å². The zero-order valence-corrected chi connectivity index (χ0v) is 18.9. The van der Waals surface area contributed by atoms with Gasteiger partial charge >= 0.3 is 0 Å². The standard InChI is InChI=1S/C27H28O2Si/c1-30(2,3)29-16-15-28-26-18-20-10-5-7-12-22(20)27(26)24-14-8-13-23-21-11-6-4-9-19(21)17-25(23)24/h4-14,18,27H,15-17H2,1-3H3. The molecule has 0 saturated heterocycles. The Morgan fingerprint density at radius 1 is 0.800 bits per heavy atom. The molecule has 5 rings (SSSR count). The van der Waals surface area contributed by atoms with Crippen molar-refractivity contribution in [2.75, 3.05) is 13.2 Å². The van der Waals surface area contributed by atoms with Crippen molar-refractivity contribution in [3.8, 4) is 11.1 Å². The molecule has 0 saturated carbocycles. The zero-order chi connectivity index (χ0) is 20.7. The van der Waals surface area contributed by atoms with Crippen molar-refractivity contribution in [1.29, 1.82) is 0 Å². The first-order valence-electron chi connectivity index (χ1n) is 10.8. The summed E-state index contributed by atoms with van der Waals surface area (Å²) in [7, 11) is -1.53. The SMILES string of the molecule is C[Si](C)(C)OCCOC1=Cc2ccccc2C1c1cccc2c1Cc1ccccc1-2. The predicted molar refractivity (Wildman–Crippen MR) is 126 cm³/mol. The van der Waals surface area contributed by atoms with Gasteiger partial charge in [0.2, 0.25) is 0 Å². The minimum Gasteiger partial charge on any atom is -0.495 e. The first-order chi connectivity index (χ1) is 14.5. The third-order valence-electron chi connectivity index (χ3n) is 5.97. The number of hydrogen-bond donors (Lipinski definition) is 0. The molecule has 152 valence electrons. The minimum atomic E-state index is -1.53. The summed E-state index contributed by atoms with van der Waals surface area (Å²) in [5.41, 5.74) is 9.56. The van der Waals surface area contributed by atoms with Gasteiger partial charge in [-0.2, -0.15) is 0 Å². The van der Waals surface area contributed by atoms with Gasteiger partial charge in [-0.3, -0.25) is 0 Å². The molecule has 2 nitrogen and oxygen atoms in total. The van der Waals surface area contributed by atoms with Crippen molar-refractivity contribution < 1.29 is 9.16 Å². The lowest BCUT2D eigenvalue weighted by atomic mass is 9.87. The molecular weight excluding hydrogens is 384 g/mol. The lowest BCUT2D eigenvalue weighted by Crippen LogP contribution is -2.27. The van der Waals surface area contributed by atoms with Crippen molar-refractivity contribution in [1.82, 2.24) is 0 Å². The normalized spacial score (nSPS) is 16.6. The Labute approximate surface area is 180 Å². The van der Waals surface area contributed by atoms with E-state index in [-0.39, 0.29) is 5.92 Å². The average molecular weight is 413 g/mol. The smallest absolute Gasteiger partial charge is 0.183 e. The average Bonchev–Trinajstić information content (AvgIpc) is 3.28. The summed E-state index contributed by atoms with van der Waals surface area (Å²) in [4.78, 5) is 0. The van der Waals surface area contributed by atoms with E-state index < -0.39 is 8.32 Å². The molecule has 0 heterocycles. The van der Waals surface area contributed by atoms with Crippen molar-refractivity contribution in [3.05, 3.63) is 100 Å². The van der Waals surface area contributed by atoms with Gasteiger partial charge in [-0.15, -0.1) is 0 Å². The summed E-state index contributed by atoms with van der Waals surface area (Å²) in [6.07, 6.45) is 3.21. The van der Waals surface area contributed by atoms with Crippen LogP contribution in [0.4, 0.5) is 0 Å². The molecule has 1 atom stereocenters. The Hall–Kier alpha value is -2.62. The number of hydrogen-bond acceptors (Lipinski definition) is 2. The Kier molecular flexibility index (Phi) is 4.88. The maximum absolute atomic E-state index is 6.34. The molecule has 0 N–H and O–H groups in total. The molecule has 0 aromatic heterocycles. The molecule has 0 spiro atoms. The van der Waals surface area contributed by atoms with E-state index >= 15 is 0 Å². The summed E-state index contributed by atoms with van der Waals surface area (Å²) in [6.45, 7) is 7.88. The lowest BCUT2D eigenvalue weighted by Gasteiger charge is -2.22. The van der Waals surface area contributed by atoms with Crippen LogP contribution in [0.15, 0.2) is 72.5 Å². The summed E-state index contributed by atoms with van der Waals surface area (Å²) < 4.78 is 12.4. The molecule has 3 heteroatoms. The third-order valence-corrected chi connectivity index (χ3v) is 7.04. The largest absolute Gasteiger partial charge is 0.495 e. The van der Waals surface area contributed by atoms with Gasteiger partial charge in [-0.1, -0.05) is 66.7 Å². The highest BCUT2D eigenvalue weighted by Crippen LogP contribution is 2.47. The van der Waals surface area contributed by atoms with E-state index in [0.29, 0.717) is 13.2 Å². The van der Waals surface area contributed by atoms with Gasteiger partial charge in [0.15, 0.2) is 8.32 Å². The lowest BCUT2D eigenvalue weighted by molar-refractivity contribution is 0.148. The zero-order valence-electron chi connectivity index (χ0n) is 17.9. The van der Waals surface area contributed by atoms with Gasteiger partial charge < -0.3 is 9.16 Å². The highest BCUT2D eigenvalue weighted by atomic mass is 28.4. The van der Waals surface area contributed by atoms with E-state index in [1.54, 1.807) is 0 Å². The molecule has 0 radical (unpaired) electrons. The summed E-state index contributed by atoms with van der Waals surface area (Å²) in [5, 5.41) is 0. The number of allylic oxidation sites excluding steroid dienone is 1. The van der Waals surface area contributed by atoms with E-state index in [4.69, 9.17) is 9.16 Å². The first kappa shape index (κ1) is 19.3. The van der Waals surface area contributed by atoms with Gasteiger partial charge in [-0.25, -0.2) is 0 Å². The van der Waals surface area contributed by atoms with Crippen LogP contribution in [0.2, 0.25) is 19.6 Å². The van der Waals surface area contributed by atoms with E-state index in [1.165, 1.54) is 38.9 Å². The van der Waals surface area contributed by atoms with Crippen molar-refractivity contribution in [2.24, 2.45) is 0 Å². The Morgan fingerprint density at radius 2 is 1.53 bits per heavy atom. The van der Waals surface area contributed by atoms with E-state index in [2.05, 4.69) is 92.4 Å². The molecule has 1 unspecified atom stereocenters. The van der Waals surface area contributed by atoms with Crippen molar-refractivity contribution >= 4 is 14.4 Å². The van der Waals surface area contributed by atoms with Crippen LogP contribution in [0.1, 0.15) is 33.7 Å². The fourth-order valence-corrected chi connectivity index (χ4v) is 5.40. The second-order valence-electron chi connectivity index (χ2n) is 9.13. The number of ether oxygens (including phenoxy) is 1. The number of rotatable bonds is 6. The minimum absolute atomic E-state index is 0.150. The maximum Gasteiger partial charge on any atom is 0.183 e. The number of benzene rings is 3. The van der Waals surface area contributed by atoms with Crippen LogP contribution in [0.3, 0.4) is 0 Å². The monoisotopic (exact) mass is 412 g/mol. The topological polar surface area (TPSA) is 18.5 Å². The van der Waals surface area contributed by atoms with Gasteiger partial charge in [0, 0.05) is 0 Å². The molecule has 3 aromatic carbocycles. The second kappa shape index (κ2) is 7.57. The quantitative estimate of drug-likeness (QED) is 0.262. The second-order valence-corrected chi connectivity index (χ2v) is 13.6. The summed E-state index contributed by atoms with van der Waals surface area (Å²) >= 11 is 0. The van der Waals surface area contributed by atoms with Crippen LogP contribution >= 0.6 is 0 Å². The van der Waals surface area contributed by atoms with Crippen molar-refractivity contribution in [3.63, 3.8) is 0 Å². The summed E-state index contributed by atoms with van der Waals surface area (Å²) in [6, 6.07) is 24.2. The van der Waals surface area contributed by atoms with Gasteiger partial charge in [0.05, 0.1) is 12.5 Å². The summed E-state index contributed by atoms with van der Waals surface area (Å²) in [5.74, 6) is 1.19. The van der Waals surface area contributed by atoms with Gasteiger partial charge in [0.25, 0.3) is 0 Å². The van der Waals surface area contributed by atoms with Crippen LogP contribution in [0.25, 0.3) is 17.2 Å². The Morgan fingerprint density at radius 3 is 2.40 bits per heavy atom. The Balaban J connectivity index is 1.49. The highest BCUT2D eigenvalue weighted by Gasteiger charge is 2.32. The maximum atomic E-state index is 6.34. The number of fused-ring (bicyclic) bond motifs is 4. The van der Waals surface area contributed by atoms with Crippen LogP contribution in [0.5, 0.6) is 0 Å². The van der Waals surface area contributed by atoms with E-state index in [9.17, 15) is 0 Å². The molecule has 3 aromatic rings. The van der Waals surface area contributed by atoms with E-state index in [1.807, 2.05) is 0 Å². The molecule has 0 aliphatic heterocycles. The molecule has 0 fully saturated rings. The van der Waals surface area contributed by atoms with Crippen LogP contribution in [-0.4, -0.2) is 21.5 Å². The first-order valence-corrected chi connectivity index (χ1v) is 14.2. The predicted octanol–water partition coefficient (Wildman–Crippen LogP) is 6.61. The molecular formula is C27H28O2Si. The van der Waals surface area contributed by atoms with Gasteiger partial charge in [-0.05, 0) is 71.1 Å². The molecule has 0 bridgehead atoms. The molecule has 2 aliphatic rings. The van der Waals surface area contributed by atoms with Crippen LogP contribution in [-0.2, 0) is 15.6 Å². The molecule has 0 amide bonds. The highest BCUT2D eigenvalue weighted by molar-refractivity contribution is 6.69. The van der Waals surface area contributed by atoms with Crippen LogP contribution < -0.4 is 0 Å². The van der Waals surface area contributed by atoms with E-state index in [0.717, 1.165) is 12.2 Å². The third kappa shape index (κ3) is 3.53. The molecule has 30 heavy (non-hydrogen) atoms. The Bertz CT molecular complexity index is 1120. The fourth-order valence-electron chi connectivity index (χ4n) is 4.70. The fraction of sp³-hybridized carbons (Fsp3) is 0.259. The molecule has 2 aliphatic carbocycles. The van der Waals surface area contributed by atoms with Crippen LogP contribution in [0, 0.1) is 0 Å². The van der Waals surface area contributed by atoms with Gasteiger partial charge in [0.1, 0.15) is 12.4 Å².